The molecule has 0 radical (unpaired) electrons. The molecule has 1 saturated heterocycles. The van der Waals surface area contributed by atoms with Crippen LogP contribution in [-0.4, -0.2) is 25.0 Å². The largest absolute Gasteiger partial charge is 0.306 e. The maximum Gasteiger partial charge on any atom is 0.00475 e. The van der Waals surface area contributed by atoms with E-state index >= 15 is 0 Å². The van der Waals surface area contributed by atoms with E-state index in [1.54, 1.807) is 6.08 Å². The molecule has 0 saturated carbocycles. The van der Waals surface area contributed by atoms with E-state index in [2.05, 4.69) is 31.2 Å². The fourth-order valence-electron chi connectivity index (χ4n) is 1.57. The van der Waals surface area contributed by atoms with Crippen molar-refractivity contribution in [3.8, 4) is 0 Å². The van der Waals surface area contributed by atoms with Gasteiger partial charge >= 0.3 is 0 Å². The molecule has 0 spiro atoms. The van der Waals surface area contributed by atoms with Crippen molar-refractivity contribution in [1.29, 1.82) is 0 Å². The molecule has 0 aromatic rings. The molecule has 1 nitrogen and oxygen atoms in total. The van der Waals surface area contributed by atoms with Gasteiger partial charge in [0.1, 0.15) is 0 Å². The summed E-state index contributed by atoms with van der Waals surface area (Å²) in [5.74, 6) is 0.659. The van der Waals surface area contributed by atoms with Crippen molar-refractivity contribution in [2.24, 2.45) is 5.92 Å². The van der Waals surface area contributed by atoms with Crippen LogP contribution in [-0.2, 0) is 0 Å². The van der Waals surface area contributed by atoms with Crippen LogP contribution in [0.3, 0.4) is 0 Å². The van der Waals surface area contributed by atoms with Crippen molar-refractivity contribution in [3.05, 3.63) is 37.0 Å². The highest BCUT2D eigenvalue weighted by atomic mass is 15.1. The summed E-state index contributed by atoms with van der Waals surface area (Å²) >= 11 is 0. The maximum atomic E-state index is 4.05. The third-order valence-electron chi connectivity index (χ3n) is 2.36. The van der Waals surface area contributed by atoms with Gasteiger partial charge in [-0.15, -0.1) is 0 Å². The minimum atomic E-state index is 0.659. The third-order valence-corrected chi connectivity index (χ3v) is 2.36. The second-order valence-corrected chi connectivity index (χ2v) is 3.42. The van der Waals surface area contributed by atoms with Gasteiger partial charge < -0.3 is 4.90 Å². The molecule has 0 bridgehead atoms. The lowest BCUT2D eigenvalue weighted by atomic mass is 9.99. The summed E-state index contributed by atoms with van der Waals surface area (Å²) in [6, 6.07) is 0. The van der Waals surface area contributed by atoms with Gasteiger partial charge in [-0.2, -0.15) is 0 Å². The smallest absolute Gasteiger partial charge is 0.00475 e. The molecule has 0 amide bonds. The lowest BCUT2D eigenvalue weighted by Gasteiger charge is -2.09. The van der Waals surface area contributed by atoms with Gasteiger partial charge in [0, 0.05) is 6.54 Å². The molecule has 1 aliphatic heterocycles. The van der Waals surface area contributed by atoms with Gasteiger partial charge in [-0.05, 0) is 25.9 Å². The predicted octanol–water partition coefficient (Wildman–Crippen LogP) is 2.24. The van der Waals surface area contributed by atoms with Crippen molar-refractivity contribution < 1.29 is 0 Å². The summed E-state index contributed by atoms with van der Waals surface area (Å²) < 4.78 is 0. The van der Waals surface area contributed by atoms with E-state index in [0.717, 1.165) is 6.54 Å². The van der Waals surface area contributed by atoms with Crippen LogP contribution in [0.2, 0.25) is 0 Å². The van der Waals surface area contributed by atoms with Crippen molar-refractivity contribution in [3.63, 3.8) is 0 Å². The summed E-state index contributed by atoms with van der Waals surface area (Å²) in [7, 11) is 2.16. The number of likely N-dealkylation sites (tertiary alicyclic amines) is 1. The summed E-state index contributed by atoms with van der Waals surface area (Å²) in [5.41, 5.74) is 1.24. The summed E-state index contributed by atoms with van der Waals surface area (Å²) in [6.07, 6.45) is 7.07. The Labute approximate surface area is 75.1 Å². The monoisotopic (exact) mass is 163 g/mol. The molecule has 0 aromatic carbocycles. The molecule has 1 atom stereocenters. The van der Waals surface area contributed by atoms with E-state index in [9.17, 15) is 0 Å². The molecule has 1 rings (SSSR count). The fourth-order valence-corrected chi connectivity index (χ4v) is 1.57. The minimum Gasteiger partial charge on any atom is -0.306 e. The van der Waals surface area contributed by atoms with E-state index in [-0.39, 0.29) is 0 Å². The standard InChI is InChI=1S/C11H17N/c1-4-5-6-10(2)11-7-8-12(3)9-11/h4-6,11H,1-2,7-9H2,3H3/b6-5-. The molecule has 1 heterocycles. The van der Waals surface area contributed by atoms with Crippen molar-refractivity contribution in [2.45, 2.75) is 6.42 Å². The number of rotatable bonds is 3. The molecular weight excluding hydrogens is 146 g/mol. The Morgan fingerprint density at radius 3 is 2.83 bits per heavy atom. The Morgan fingerprint density at radius 2 is 2.33 bits per heavy atom. The van der Waals surface area contributed by atoms with Crippen LogP contribution in [0, 0.1) is 5.92 Å². The van der Waals surface area contributed by atoms with E-state index in [4.69, 9.17) is 0 Å². The normalized spacial score (nSPS) is 24.9. The molecule has 0 aliphatic carbocycles. The van der Waals surface area contributed by atoms with Gasteiger partial charge in [0.05, 0.1) is 0 Å². The molecule has 1 heteroatoms. The van der Waals surface area contributed by atoms with E-state index in [0.29, 0.717) is 5.92 Å². The van der Waals surface area contributed by atoms with Crippen LogP contribution in [0.1, 0.15) is 6.42 Å². The first kappa shape index (κ1) is 9.27. The number of nitrogens with zero attached hydrogens (tertiary/aromatic N) is 1. The zero-order valence-corrected chi connectivity index (χ0v) is 7.79. The lowest BCUT2D eigenvalue weighted by Crippen LogP contribution is -2.14. The number of hydrogen-bond donors (Lipinski definition) is 0. The van der Waals surface area contributed by atoms with Crippen LogP contribution >= 0.6 is 0 Å². The van der Waals surface area contributed by atoms with Crippen molar-refractivity contribution in [2.75, 3.05) is 20.1 Å². The molecule has 12 heavy (non-hydrogen) atoms. The highest BCUT2D eigenvalue weighted by Gasteiger charge is 2.19. The zero-order valence-electron chi connectivity index (χ0n) is 7.79. The first-order valence-electron chi connectivity index (χ1n) is 4.40. The first-order chi connectivity index (χ1) is 5.74. The minimum absolute atomic E-state index is 0.659. The molecule has 1 aliphatic rings. The Morgan fingerprint density at radius 1 is 1.58 bits per heavy atom. The molecular formula is C11H17N. The highest BCUT2D eigenvalue weighted by Crippen LogP contribution is 2.21. The van der Waals surface area contributed by atoms with Crippen molar-refractivity contribution in [1.82, 2.24) is 4.90 Å². The zero-order chi connectivity index (χ0) is 8.97. The van der Waals surface area contributed by atoms with Gasteiger partial charge in [0.2, 0.25) is 0 Å². The lowest BCUT2D eigenvalue weighted by molar-refractivity contribution is 0.406. The average molecular weight is 163 g/mol. The molecule has 1 unspecified atom stereocenters. The average Bonchev–Trinajstić information content (AvgIpc) is 2.47. The summed E-state index contributed by atoms with van der Waals surface area (Å²) in [5, 5.41) is 0. The number of hydrogen-bond acceptors (Lipinski definition) is 1. The predicted molar refractivity (Wildman–Crippen MR) is 54.1 cm³/mol. The third kappa shape index (κ3) is 2.35. The second-order valence-electron chi connectivity index (χ2n) is 3.42. The first-order valence-corrected chi connectivity index (χ1v) is 4.40. The Balaban J connectivity index is 2.43. The second kappa shape index (κ2) is 4.27. The molecule has 0 aromatic heterocycles. The van der Waals surface area contributed by atoms with E-state index in [1.165, 1.54) is 18.5 Å². The van der Waals surface area contributed by atoms with Gasteiger partial charge in [0.25, 0.3) is 0 Å². The van der Waals surface area contributed by atoms with Gasteiger partial charge in [0.15, 0.2) is 0 Å². The van der Waals surface area contributed by atoms with Crippen molar-refractivity contribution >= 4 is 0 Å². The van der Waals surface area contributed by atoms with Crippen LogP contribution in [0.5, 0.6) is 0 Å². The molecule has 66 valence electrons. The SMILES string of the molecule is C=C/C=C\C(=C)C1CCN(C)C1. The van der Waals surface area contributed by atoms with Crippen LogP contribution in [0.25, 0.3) is 0 Å². The van der Waals surface area contributed by atoms with Gasteiger partial charge in [-0.1, -0.05) is 37.0 Å². The quantitative estimate of drug-likeness (QED) is 0.577. The molecule has 1 fully saturated rings. The fraction of sp³-hybridized carbons (Fsp3) is 0.455. The Kier molecular flexibility index (Phi) is 3.30. The van der Waals surface area contributed by atoms with Crippen LogP contribution in [0.4, 0.5) is 0 Å². The Bertz CT molecular complexity index is 203. The highest BCUT2D eigenvalue weighted by molar-refractivity contribution is 5.22. The van der Waals surface area contributed by atoms with Gasteiger partial charge in [-0.3, -0.25) is 0 Å². The number of allylic oxidation sites excluding steroid dienone is 3. The van der Waals surface area contributed by atoms with Crippen LogP contribution in [0.15, 0.2) is 37.0 Å². The van der Waals surface area contributed by atoms with Crippen LogP contribution < -0.4 is 0 Å². The molecule has 0 N–H and O–H groups in total. The van der Waals surface area contributed by atoms with E-state index in [1.807, 2.05) is 6.08 Å². The topological polar surface area (TPSA) is 3.24 Å². The summed E-state index contributed by atoms with van der Waals surface area (Å²) in [6.45, 7) is 10.0. The van der Waals surface area contributed by atoms with E-state index < -0.39 is 0 Å². The van der Waals surface area contributed by atoms with Gasteiger partial charge in [-0.25, -0.2) is 0 Å². The summed E-state index contributed by atoms with van der Waals surface area (Å²) in [4.78, 5) is 2.34. The Hall–Kier alpha value is -0.820. The maximum absolute atomic E-state index is 4.05.